The van der Waals surface area contributed by atoms with Crippen molar-refractivity contribution >= 4 is 41.0 Å². The zero-order valence-corrected chi connectivity index (χ0v) is 30.2. The minimum Gasteiger partial charge on any atom is -0.497 e. The Morgan fingerprint density at radius 1 is 1.06 bits per heavy atom. The number of fused-ring (bicyclic) bond motifs is 1. The number of hydrogen-bond donors (Lipinski definition) is 5. The number of hydrogen-bond acceptors (Lipinski definition) is 8. The fourth-order valence-electron chi connectivity index (χ4n) is 6.17. The van der Waals surface area contributed by atoms with Crippen LogP contribution in [0.4, 0.5) is 10.1 Å². The predicted octanol–water partition coefficient (Wildman–Crippen LogP) is 3.67. The van der Waals surface area contributed by atoms with Crippen LogP contribution in [0.3, 0.4) is 0 Å². The Morgan fingerprint density at radius 2 is 1.78 bits per heavy atom. The third kappa shape index (κ3) is 9.69. The first-order valence-electron chi connectivity index (χ1n) is 17.4. The third-order valence-corrected chi connectivity index (χ3v) is 9.15. The Hall–Kier alpha value is -4.85. The number of imide groups is 1. The van der Waals surface area contributed by atoms with Crippen LogP contribution in [-0.2, 0) is 20.9 Å². The highest BCUT2D eigenvalue weighted by atomic mass is 19.1. The number of nitrogens with one attached hydrogen (secondary N) is 4. The highest BCUT2D eigenvalue weighted by molar-refractivity contribution is 6.42. The lowest BCUT2D eigenvalue weighted by Gasteiger charge is -2.23. The lowest BCUT2D eigenvalue weighted by molar-refractivity contribution is -0.125. The summed E-state index contributed by atoms with van der Waals surface area (Å²) in [6, 6.07) is 10.2. The molecule has 1 aliphatic rings. The molecule has 0 bridgehead atoms. The van der Waals surface area contributed by atoms with Crippen LogP contribution in [0.25, 0.3) is 11.6 Å². The zero-order valence-electron chi connectivity index (χ0n) is 30.2. The third-order valence-electron chi connectivity index (χ3n) is 9.15. The number of unbranched alkanes of at least 4 members (excludes halogenated alkanes) is 1. The molecule has 0 aliphatic carbocycles. The van der Waals surface area contributed by atoms with Crippen LogP contribution in [-0.4, -0.2) is 85.9 Å². The first-order valence-corrected chi connectivity index (χ1v) is 17.4. The van der Waals surface area contributed by atoms with Gasteiger partial charge in [0, 0.05) is 36.6 Å². The maximum absolute atomic E-state index is 14.6. The second-order valence-corrected chi connectivity index (χ2v) is 12.5. The van der Waals surface area contributed by atoms with Gasteiger partial charge in [-0.2, -0.15) is 0 Å². The maximum atomic E-state index is 14.6. The number of carbonyl (C=O) groups is 4. The molecule has 0 fully saturated rings. The summed E-state index contributed by atoms with van der Waals surface area (Å²) in [5.41, 5.74) is 9.39. The quantitative estimate of drug-likeness (QED) is 0.0991. The molecule has 3 aromatic rings. The monoisotopic (exact) mass is 703 g/mol. The van der Waals surface area contributed by atoms with E-state index in [9.17, 15) is 23.6 Å². The van der Waals surface area contributed by atoms with Crippen molar-refractivity contribution in [1.29, 1.82) is 0 Å². The molecule has 6 N–H and O–H groups in total. The van der Waals surface area contributed by atoms with Gasteiger partial charge in [-0.3, -0.25) is 24.5 Å². The summed E-state index contributed by atoms with van der Waals surface area (Å²) in [5, 5.41) is 8.85. The van der Waals surface area contributed by atoms with E-state index < -0.39 is 23.7 Å². The molecule has 0 unspecified atom stereocenters. The summed E-state index contributed by atoms with van der Waals surface area (Å²) < 4.78 is 19.8. The number of aromatic nitrogens is 1. The van der Waals surface area contributed by atoms with Gasteiger partial charge in [0.25, 0.3) is 17.7 Å². The number of halogens is 1. The number of ether oxygens (including phenoxy) is 1. The van der Waals surface area contributed by atoms with Crippen molar-refractivity contribution in [2.45, 2.75) is 59.5 Å². The summed E-state index contributed by atoms with van der Waals surface area (Å²) in [4.78, 5) is 60.7. The number of benzene rings is 2. The van der Waals surface area contributed by atoms with Crippen molar-refractivity contribution in [3.63, 3.8) is 0 Å². The summed E-state index contributed by atoms with van der Waals surface area (Å²) in [7, 11) is 1.58. The number of likely N-dealkylation sites (N-methyl/N-ethyl adjacent to an activating group) is 1. The molecule has 0 saturated heterocycles. The summed E-state index contributed by atoms with van der Waals surface area (Å²) in [6.45, 7) is 11.2. The zero-order chi connectivity index (χ0) is 37.1. The molecule has 2 heterocycles. The lowest BCUT2D eigenvalue weighted by Crippen LogP contribution is -2.50. The highest BCUT2D eigenvalue weighted by Gasteiger charge is 2.40. The Bertz CT molecular complexity index is 1730. The SMILES string of the molecule is CCN(CC)CCNC(=O)c1c(C)[nH]c(/C=C2\C(=O)N(C(=O)[C@H](CCCCN)NCC(=O)NCc3ccc(OC)cc3)c3ccc(F)cc32)c1C. The van der Waals surface area contributed by atoms with Gasteiger partial charge in [-0.15, -0.1) is 0 Å². The van der Waals surface area contributed by atoms with Gasteiger partial charge < -0.3 is 31.0 Å². The van der Waals surface area contributed by atoms with E-state index in [2.05, 4.69) is 39.7 Å². The van der Waals surface area contributed by atoms with Crippen molar-refractivity contribution in [2.75, 3.05) is 51.3 Å². The van der Waals surface area contributed by atoms with E-state index in [4.69, 9.17) is 10.5 Å². The molecule has 4 rings (SSSR count). The fourth-order valence-corrected chi connectivity index (χ4v) is 6.17. The van der Waals surface area contributed by atoms with Crippen molar-refractivity contribution in [3.05, 3.63) is 81.9 Å². The Kier molecular flexibility index (Phi) is 14.1. The smallest absolute Gasteiger partial charge is 0.265 e. The largest absolute Gasteiger partial charge is 0.497 e. The van der Waals surface area contributed by atoms with Crippen LogP contribution in [0, 0.1) is 19.7 Å². The van der Waals surface area contributed by atoms with Crippen LogP contribution in [0.5, 0.6) is 5.75 Å². The second-order valence-electron chi connectivity index (χ2n) is 12.5. The van der Waals surface area contributed by atoms with Gasteiger partial charge in [-0.1, -0.05) is 32.4 Å². The van der Waals surface area contributed by atoms with E-state index in [1.807, 2.05) is 12.1 Å². The molecule has 1 aliphatic heterocycles. The average molecular weight is 704 g/mol. The van der Waals surface area contributed by atoms with E-state index in [-0.39, 0.29) is 41.7 Å². The summed E-state index contributed by atoms with van der Waals surface area (Å²) >= 11 is 0. The second kappa shape index (κ2) is 18.4. The van der Waals surface area contributed by atoms with Gasteiger partial charge in [0.1, 0.15) is 11.6 Å². The van der Waals surface area contributed by atoms with Crippen LogP contribution in [0.1, 0.15) is 71.5 Å². The number of rotatable bonds is 18. The molecule has 13 heteroatoms. The van der Waals surface area contributed by atoms with Crippen molar-refractivity contribution in [3.8, 4) is 5.75 Å². The van der Waals surface area contributed by atoms with E-state index in [1.54, 1.807) is 39.2 Å². The van der Waals surface area contributed by atoms with Crippen LogP contribution < -0.4 is 31.3 Å². The van der Waals surface area contributed by atoms with Crippen LogP contribution in [0.2, 0.25) is 0 Å². The Balaban J connectivity index is 1.54. The molecule has 4 amide bonds. The molecular weight excluding hydrogens is 653 g/mol. The van der Waals surface area contributed by atoms with Crippen molar-refractivity contribution < 1.29 is 28.3 Å². The fraction of sp³-hybridized carbons (Fsp3) is 0.421. The number of nitrogens with two attached hydrogens (primary N) is 1. The number of H-pyrrole nitrogens is 1. The van der Waals surface area contributed by atoms with E-state index in [1.165, 1.54) is 18.2 Å². The number of nitrogens with zero attached hydrogens (tertiary/aromatic N) is 2. The molecule has 0 saturated carbocycles. The number of aromatic amines is 1. The van der Waals surface area contributed by atoms with Gasteiger partial charge in [0.2, 0.25) is 5.91 Å². The van der Waals surface area contributed by atoms with Crippen LogP contribution >= 0.6 is 0 Å². The molecule has 0 radical (unpaired) electrons. The molecule has 0 spiro atoms. The van der Waals surface area contributed by atoms with E-state index in [0.717, 1.165) is 30.1 Å². The molecule has 2 aromatic carbocycles. The molecule has 274 valence electrons. The standard InChI is InChI=1S/C38H50FN7O5/c1-6-45(7-2)19-18-41-36(48)35-24(3)32(44-25(35)4)21-30-29-20-27(39)13-16-33(29)46(37(30)49)38(50)31(10-8-9-17-40)42-23-34(47)43-22-26-11-14-28(51-5)15-12-26/h11-16,20-21,31,42,44H,6-10,17-19,22-23,40H2,1-5H3,(H,41,48)(H,43,47)/b30-21-/t31-/m0/s1. The molecule has 12 nitrogen and oxygen atoms in total. The lowest BCUT2D eigenvalue weighted by atomic mass is 10.0. The van der Waals surface area contributed by atoms with Crippen molar-refractivity contribution in [2.24, 2.45) is 5.73 Å². The van der Waals surface area contributed by atoms with Gasteiger partial charge in [-0.05, 0) is 93.9 Å². The van der Waals surface area contributed by atoms with Gasteiger partial charge in [0.05, 0.1) is 36.5 Å². The molecule has 51 heavy (non-hydrogen) atoms. The summed E-state index contributed by atoms with van der Waals surface area (Å²) in [5.74, 6) is -1.63. The van der Waals surface area contributed by atoms with E-state index >= 15 is 0 Å². The number of anilines is 1. The van der Waals surface area contributed by atoms with Gasteiger partial charge in [-0.25, -0.2) is 9.29 Å². The topological polar surface area (TPSA) is 162 Å². The van der Waals surface area contributed by atoms with Crippen LogP contribution in [0.15, 0.2) is 42.5 Å². The first-order chi connectivity index (χ1) is 24.5. The molecule has 1 atom stereocenters. The number of amides is 4. The first kappa shape index (κ1) is 38.9. The predicted molar refractivity (Wildman–Crippen MR) is 197 cm³/mol. The maximum Gasteiger partial charge on any atom is 0.265 e. The number of carbonyl (C=O) groups excluding carboxylic acids is 4. The highest BCUT2D eigenvalue weighted by Crippen LogP contribution is 2.39. The Morgan fingerprint density at radius 3 is 2.45 bits per heavy atom. The minimum absolute atomic E-state index is 0.105. The number of methoxy groups -OCH3 is 1. The van der Waals surface area contributed by atoms with E-state index in [0.29, 0.717) is 60.6 Å². The molecular formula is C38H50FN7O5. The number of aryl methyl sites for hydroxylation is 1. The minimum atomic E-state index is -0.898. The Labute approximate surface area is 299 Å². The normalized spacial score (nSPS) is 13.8. The van der Waals surface area contributed by atoms with Gasteiger partial charge >= 0.3 is 0 Å². The van der Waals surface area contributed by atoms with Gasteiger partial charge in [0.15, 0.2) is 0 Å². The van der Waals surface area contributed by atoms with Crippen molar-refractivity contribution in [1.82, 2.24) is 25.8 Å². The summed E-state index contributed by atoms with van der Waals surface area (Å²) in [6.07, 6.45) is 3.11. The average Bonchev–Trinajstić information content (AvgIpc) is 3.56. The molecule has 1 aromatic heterocycles.